The number of alkyl halides is 1. The number of halogens is 1. The number of carbonyl (C=O) groups is 1. The number of hydrogen-bond donors (Lipinski definition) is 1. The zero-order valence-electron chi connectivity index (χ0n) is 8.89. The van der Waals surface area contributed by atoms with Gasteiger partial charge in [0.2, 0.25) is 5.91 Å². The summed E-state index contributed by atoms with van der Waals surface area (Å²) >= 11 is 6.13. The van der Waals surface area contributed by atoms with E-state index in [-0.39, 0.29) is 11.3 Å². The average Bonchev–Trinajstić information content (AvgIpc) is 2.26. The van der Waals surface area contributed by atoms with Crippen LogP contribution in [0.1, 0.15) is 45.4 Å². The third-order valence-electron chi connectivity index (χ3n) is 2.86. The summed E-state index contributed by atoms with van der Waals surface area (Å²) in [6, 6.07) is 0. The van der Waals surface area contributed by atoms with Gasteiger partial charge < -0.3 is 5.32 Å². The van der Waals surface area contributed by atoms with Gasteiger partial charge in [-0.3, -0.25) is 4.79 Å². The van der Waals surface area contributed by atoms with E-state index < -0.39 is 0 Å². The molecule has 0 spiro atoms. The summed E-state index contributed by atoms with van der Waals surface area (Å²) in [5.41, 5.74) is 0. The van der Waals surface area contributed by atoms with E-state index >= 15 is 0 Å². The van der Waals surface area contributed by atoms with Crippen LogP contribution < -0.4 is 5.32 Å². The fourth-order valence-corrected chi connectivity index (χ4v) is 2.32. The SMILES string of the molecule is CCCNC(=O)C(Cl)C1CCCCC1. The number of carbonyl (C=O) groups excluding carboxylic acids is 1. The van der Waals surface area contributed by atoms with Gasteiger partial charge >= 0.3 is 0 Å². The zero-order valence-corrected chi connectivity index (χ0v) is 9.65. The highest BCUT2D eigenvalue weighted by molar-refractivity contribution is 6.30. The zero-order chi connectivity index (χ0) is 10.4. The Kier molecular flexibility index (Phi) is 5.31. The third kappa shape index (κ3) is 3.49. The molecule has 1 amide bonds. The van der Waals surface area contributed by atoms with Crippen LogP contribution in [-0.2, 0) is 4.79 Å². The van der Waals surface area contributed by atoms with Crippen molar-refractivity contribution < 1.29 is 4.79 Å². The molecule has 0 aromatic heterocycles. The van der Waals surface area contributed by atoms with Crippen molar-refractivity contribution in [2.45, 2.75) is 50.8 Å². The first-order valence-corrected chi connectivity index (χ1v) is 6.11. The molecule has 82 valence electrons. The summed E-state index contributed by atoms with van der Waals surface area (Å²) in [7, 11) is 0. The lowest BCUT2D eigenvalue weighted by molar-refractivity contribution is -0.121. The summed E-state index contributed by atoms with van der Waals surface area (Å²) < 4.78 is 0. The lowest BCUT2D eigenvalue weighted by Gasteiger charge is -2.25. The van der Waals surface area contributed by atoms with E-state index in [0.717, 1.165) is 25.8 Å². The molecule has 1 fully saturated rings. The van der Waals surface area contributed by atoms with Gasteiger partial charge in [-0.1, -0.05) is 26.2 Å². The second-order valence-corrected chi connectivity index (χ2v) is 4.56. The van der Waals surface area contributed by atoms with Crippen molar-refractivity contribution in [3.8, 4) is 0 Å². The van der Waals surface area contributed by atoms with E-state index in [2.05, 4.69) is 5.32 Å². The Hall–Kier alpha value is -0.240. The van der Waals surface area contributed by atoms with Crippen LogP contribution in [0.5, 0.6) is 0 Å². The summed E-state index contributed by atoms with van der Waals surface area (Å²) in [6.45, 7) is 2.79. The molecule has 1 saturated carbocycles. The second kappa shape index (κ2) is 6.28. The third-order valence-corrected chi connectivity index (χ3v) is 3.42. The van der Waals surface area contributed by atoms with E-state index in [1.807, 2.05) is 6.92 Å². The number of nitrogens with one attached hydrogen (secondary N) is 1. The number of amides is 1. The lowest BCUT2D eigenvalue weighted by Crippen LogP contribution is -2.37. The van der Waals surface area contributed by atoms with E-state index in [1.54, 1.807) is 0 Å². The van der Waals surface area contributed by atoms with Gasteiger partial charge in [0.25, 0.3) is 0 Å². The van der Waals surface area contributed by atoms with Gasteiger partial charge in [-0.25, -0.2) is 0 Å². The first-order valence-electron chi connectivity index (χ1n) is 5.67. The van der Waals surface area contributed by atoms with Gasteiger partial charge in [-0.2, -0.15) is 0 Å². The monoisotopic (exact) mass is 217 g/mol. The molecule has 1 aliphatic carbocycles. The Morgan fingerprint density at radius 3 is 2.64 bits per heavy atom. The average molecular weight is 218 g/mol. The van der Waals surface area contributed by atoms with Crippen molar-refractivity contribution in [1.29, 1.82) is 0 Å². The van der Waals surface area contributed by atoms with Gasteiger partial charge in [-0.05, 0) is 25.2 Å². The summed E-state index contributed by atoms with van der Waals surface area (Å²) in [6.07, 6.45) is 6.97. The van der Waals surface area contributed by atoms with E-state index in [4.69, 9.17) is 11.6 Å². The fraction of sp³-hybridized carbons (Fsp3) is 0.909. The quantitative estimate of drug-likeness (QED) is 0.721. The maximum Gasteiger partial charge on any atom is 0.238 e. The summed E-state index contributed by atoms with van der Waals surface area (Å²) in [4.78, 5) is 11.6. The first kappa shape index (κ1) is 11.8. The molecule has 2 nitrogen and oxygen atoms in total. The van der Waals surface area contributed by atoms with Crippen LogP contribution in [0.25, 0.3) is 0 Å². The van der Waals surface area contributed by atoms with E-state index in [9.17, 15) is 4.79 Å². The number of hydrogen-bond acceptors (Lipinski definition) is 1. The minimum Gasteiger partial charge on any atom is -0.355 e. The minimum absolute atomic E-state index is 0.0282. The van der Waals surface area contributed by atoms with Gasteiger partial charge in [0.05, 0.1) is 0 Å². The second-order valence-electron chi connectivity index (χ2n) is 4.09. The molecule has 0 saturated heterocycles. The largest absolute Gasteiger partial charge is 0.355 e. The summed E-state index contributed by atoms with van der Waals surface area (Å²) in [5, 5.41) is 2.55. The predicted molar refractivity (Wildman–Crippen MR) is 59.5 cm³/mol. The van der Waals surface area contributed by atoms with Crippen molar-refractivity contribution in [1.82, 2.24) is 5.32 Å². The molecule has 0 aromatic carbocycles. The Morgan fingerprint density at radius 1 is 1.43 bits per heavy atom. The predicted octanol–water partition coefficient (Wildman–Crippen LogP) is 2.70. The van der Waals surface area contributed by atoms with Crippen LogP contribution >= 0.6 is 11.6 Å². The first-order chi connectivity index (χ1) is 6.75. The summed E-state index contributed by atoms with van der Waals surface area (Å²) in [5.74, 6) is 0.433. The molecule has 0 aliphatic heterocycles. The maximum atomic E-state index is 11.6. The minimum atomic E-state index is -0.304. The standard InChI is InChI=1S/C11H20ClNO/c1-2-8-13-11(14)10(12)9-6-4-3-5-7-9/h9-10H,2-8H2,1H3,(H,13,14). The molecule has 1 N–H and O–H groups in total. The highest BCUT2D eigenvalue weighted by Gasteiger charge is 2.26. The van der Waals surface area contributed by atoms with Gasteiger partial charge in [-0.15, -0.1) is 11.6 Å². The number of rotatable bonds is 4. The van der Waals surface area contributed by atoms with Crippen molar-refractivity contribution in [3.63, 3.8) is 0 Å². The lowest BCUT2D eigenvalue weighted by atomic mass is 9.86. The molecule has 1 rings (SSSR count). The molecule has 1 unspecified atom stereocenters. The van der Waals surface area contributed by atoms with Crippen molar-refractivity contribution in [3.05, 3.63) is 0 Å². The molecule has 0 aromatic rings. The molecule has 1 atom stereocenters. The molecule has 3 heteroatoms. The van der Waals surface area contributed by atoms with Gasteiger partial charge in [0, 0.05) is 6.54 Å². The molecule has 0 bridgehead atoms. The Labute approximate surface area is 91.4 Å². The maximum absolute atomic E-state index is 11.6. The molecular weight excluding hydrogens is 198 g/mol. The van der Waals surface area contributed by atoms with Crippen molar-refractivity contribution in [2.24, 2.45) is 5.92 Å². The van der Waals surface area contributed by atoms with Gasteiger partial charge in [0.15, 0.2) is 0 Å². The Bertz CT molecular complexity index is 178. The van der Waals surface area contributed by atoms with Crippen molar-refractivity contribution in [2.75, 3.05) is 6.54 Å². The highest BCUT2D eigenvalue weighted by Crippen LogP contribution is 2.29. The molecule has 0 heterocycles. The van der Waals surface area contributed by atoms with Crippen molar-refractivity contribution >= 4 is 17.5 Å². The van der Waals surface area contributed by atoms with E-state index in [1.165, 1.54) is 19.3 Å². The van der Waals surface area contributed by atoms with Crippen LogP contribution in [0.2, 0.25) is 0 Å². The Morgan fingerprint density at radius 2 is 2.07 bits per heavy atom. The van der Waals surface area contributed by atoms with Gasteiger partial charge in [0.1, 0.15) is 5.38 Å². The molecule has 1 aliphatic rings. The van der Waals surface area contributed by atoms with Crippen LogP contribution in [0, 0.1) is 5.92 Å². The van der Waals surface area contributed by atoms with Crippen LogP contribution in [0.4, 0.5) is 0 Å². The van der Waals surface area contributed by atoms with Crippen LogP contribution in [-0.4, -0.2) is 17.8 Å². The molecule has 0 radical (unpaired) electrons. The smallest absolute Gasteiger partial charge is 0.238 e. The van der Waals surface area contributed by atoms with Crippen LogP contribution in [0.3, 0.4) is 0 Å². The Balaban J connectivity index is 2.30. The van der Waals surface area contributed by atoms with Crippen LogP contribution in [0.15, 0.2) is 0 Å². The molecule has 14 heavy (non-hydrogen) atoms. The topological polar surface area (TPSA) is 29.1 Å². The van der Waals surface area contributed by atoms with E-state index in [0.29, 0.717) is 5.92 Å². The normalized spacial score (nSPS) is 20.4. The fourth-order valence-electron chi connectivity index (χ4n) is 1.99. The molecular formula is C11H20ClNO. The highest BCUT2D eigenvalue weighted by atomic mass is 35.5.